The van der Waals surface area contributed by atoms with Gasteiger partial charge in [0.15, 0.2) is 0 Å². The van der Waals surface area contributed by atoms with Crippen molar-refractivity contribution >= 4 is 11.8 Å². The summed E-state index contributed by atoms with van der Waals surface area (Å²) in [7, 11) is 0. The fraction of sp³-hybridized carbons (Fsp3) is 0.417. The maximum absolute atomic E-state index is 13.2. The van der Waals surface area contributed by atoms with Crippen molar-refractivity contribution in [3.05, 3.63) is 65.6 Å². The number of aliphatic hydroxyl groups is 2. The van der Waals surface area contributed by atoms with Crippen LogP contribution in [0.15, 0.2) is 58.9 Å². The Kier molecular flexibility index (Phi) is 5.48. The van der Waals surface area contributed by atoms with Gasteiger partial charge in [0.25, 0.3) is 0 Å². The van der Waals surface area contributed by atoms with Gasteiger partial charge in [0.2, 0.25) is 11.8 Å². The van der Waals surface area contributed by atoms with Gasteiger partial charge < -0.3 is 29.6 Å². The molecule has 1 aromatic carbocycles. The number of hydrogen-bond acceptors (Lipinski definition) is 6. The van der Waals surface area contributed by atoms with Gasteiger partial charge in [-0.05, 0) is 31.1 Å². The Labute approximate surface area is 185 Å². The largest absolute Gasteiger partial charge is 0.486 e. The zero-order valence-corrected chi connectivity index (χ0v) is 17.5. The molecule has 1 aromatic heterocycles. The summed E-state index contributed by atoms with van der Waals surface area (Å²) < 4.78 is 11.3. The minimum absolute atomic E-state index is 0.0458. The van der Waals surface area contributed by atoms with E-state index in [1.54, 1.807) is 29.6 Å². The third kappa shape index (κ3) is 3.69. The second-order valence-corrected chi connectivity index (χ2v) is 8.55. The lowest BCUT2D eigenvalue weighted by atomic mass is 9.77. The van der Waals surface area contributed by atoms with Gasteiger partial charge in [-0.3, -0.25) is 9.59 Å². The number of amides is 2. The minimum atomic E-state index is -1.02. The SMILES string of the molecule is O=C(NCCO)C1=C[C@@H](N(Cc2ccoc2)C(=O)C2CC2)[C@H](O)[C@H]2Oc3ccccc3[C@@H]12. The first-order chi connectivity index (χ1) is 15.6. The molecule has 2 aromatic rings. The van der Waals surface area contributed by atoms with Crippen LogP contribution in [0, 0.1) is 5.92 Å². The molecule has 0 saturated heterocycles. The molecular formula is C24H26N2O6. The van der Waals surface area contributed by atoms with Crippen LogP contribution in [0.1, 0.15) is 29.9 Å². The van der Waals surface area contributed by atoms with Gasteiger partial charge in [-0.1, -0.05) is 18.2 Å². The molecule has 32 heavy (non-hydrogen) atoms. The first kappa shape index (κ1) is 20.8. The minimum Gasteiger partial charge on any atom is -0.486 e. The molecule has 168 valence electrons. The molecule has 2 amide bonds. The molecule has 2 heterocycles. The van der Waals surface area contributed by atoms with Gasteiger partial charge >= 0.3 is 0 Å². The summed E-state index contributed by atoms with van der Waals surface area (Å²) in [6.45, 7) is 0.196. The predicted molar refractivity (Wildman–Crippen MR) is 114 cm³/mol. The second-order valence-electron chi connectivity index (χ2n) is 8.55. The molecule has 1 fully saturated rings. The zero-order valence-electron chi connectivity index (χ0n) is 17.5. The van der Waals surface area contributed by atoms with Crippen LogP contribution in [0.3, 0.4) is 0 Å². The zero-order chi connectivity index (χ0) is 22.2. The van der Waals surface area contributed by atoms with Crippen molar-refractivity contribution in [3.63, 3.8) is 0 Å². The number of furan rings is 1. The predicted octanol–water partition coefficient (Wildman–Crippen LogP) is 1.34. The molecule has 0 radical (unpaired) electrons. The Bertz CT molecular complexity index is 1030. The number of nitrogens with one attached hydrogen (secondary N) is 1. The van der Waals surface area contributed by atoms with Crippen LogP contribution < -0.4 is 10.1 Å². The molecule has 4 atom stereocenters. The monoisotopic (exact) mass is 438 g/mol. The molecule has 0 bridgehead atoms. The second kappa shape index (κ2) is 8.44. The molecule has 0 unspecified atom stereocenters. The van der Waals surface area contributed by atoms with Crippen LogP contribution in [0.4, 0.5) is 0 Å². The summed E-state index contributed by atoms with van der Waals surface area (Å²) in [4.78, 5) is 27.9. The Morgan fingerprint density at radius 2 is 2.00 bits per heavy atom. The lowest BCUT2D eigenvalue weighted by Crippen LogP contribution is -2.55. The van der Waals surface area contributed by atoms with Gasteiger partial charge in [0.05, 0.1) is 31.1 Å². The highest BCUT2D eigenvalue weighted by Crippen LogP contribution is 2.47. The Morgan fingerprint density at radius 3 is 2.72 bits per heavy atom. The van der Waals surface area contributed by atoms with Gasteiger partial charge in [-0.2, -0.15) is 0 Å². The van der Waals surface area contributed by atoms with Crippen molar-refractivity contribution in [1.29, 1.82) is 0 Å². The number of carbonyl (C=O) groups is 2. The fourth-order valence-electron chi connectivity index (χ4n) is 4.67. The van der Waals surface area contributed by atoms with Crippen LogP contribution in [-0.2, 0) is 16.1 Å². The molecular weight excluding hydrogens is 412 g/mol. The molecule has 0 spiro atoms. The van der Waals surface area contributed by atoms with Gasteiger partial charge in [-0.25, -0.2) is 0 Å². The van der Waals surface area contributed by atoms with Crippen molar-refractivity contribution in [2.24, 2.45) is 5.92 Å². The lowest BCUT2D eigenvalue weighted by molar-refractivity contribution is -0.139. The average Bonchev–Trinajstić information content (AvgIpc) is 3.39. The number of hydrogen-bond donors (Lipinski definition) is 3. The summed E-state index contributed by atoms with van der Waals surface area (Å²) >= 11 is 0. The van der Waals surface area contributed by atoms with Gasteiger partial charge in [0.1, 0.15) is 18.0 Å². The Balaban J connectivity index is 1.54. The van der Waals surface area contributed by atoms with E-state index >= 15 is 0 Å². The average molecular weight is 438 g/mol. The highest BCUT2D eigenvalue weighted by Gasteiger charge is 2.51. The summed E-state index contributed by atoms with van der Waals surface area (Å²) in [5.41, 5.74) is 2.07. The molecule has 8 heteroatoms. The van der Waals surface area contributed by atoms with Crippen molar-refractivity contribution < 1.29 is 29.0 Å². The van der Waals surface area contributed by atoms with E-state index in [2.05, 4.69) is 5.32 Å². The lowest BCUT2D eigenvalue weighted by Gasteiger charge is -2.40. The number of aliphatic hydroxyl groups excluding tert-OH is 2. The van der Waals surface area contributed by atoms with Crippen molar-refractivity contribution in [2.75, 3.05) is 13.2 Å². The molecule has 2 aliphatic carbocycles. The molecule has 3 aliphatic rings. The fourth-order valence-corrected chi connectivity index (χ4v) is 4.67. The highest BCUT2D eigenvalue weighted by molar-refractivity contribution is 5.96. The Hall–Kier alpha value is -3.10. The van der Waals surface area contributed by atoms with Gasteiger partial charge in [0, 0.05) is 35.7 Å². The number of para-hydroxylation sites is 1. The van der Waals surface area contributed by atoms with E-state index < -0.39 is 24.2 Å². The van der Waals surface area contributed by atoms with E-state index in [1.807, 2.05) is 24.3 Å². The normalized spacial score (nSPS) is 25.9. The van der Waals surface area contributed by atoms with Crippen molar-refractivity contribution in [3.8, 4) is 5.75 Å². The molecule has 1 saturated carbocycles. The molecule has 5 rings (SSSR count). The quantitative estimate of drug-likeness (QED) is 0.602. The van der Waals surface area contributed by atoms with Crippen LogP contribution in [0.5, 0.6) is 5.75 Å². The van der Waals surface area contributed by atoms with Crippen molar-refractivity contribution in [2.45, 2.75) is 43.6 Å². The summed E-state index contributed by atoms with van der Waals surface area (Å²) in [5, 5.41) is 23.3. The molecule has 8 nitrogen and oxygen atoms in total. The topological polar surface area (TPSA) is 112 Å². The summed E-state index contributed by atoms with van der Waals surface area (Å²) in [6, 6.07) is 8.47. The van der Waals surface area contributed by atoms with Crippen LogP contribution in [0.2, 0.25) is 0 Å². The van der Waals surface area contributed by atoms with E-state index in [0.29, 0.717) is 11.3 Å². The first-order valence-corrected chi connectivity index (χ1v) is 10.9. The van der Waals surface area contributed by atoms with E-state index in [-0.39, 0.29) is 37.4 Å². The number of fused-ring (bicyclic) bond motifs is 3. The third-order valence-corrected chi connectivity index (χ3v) is 6.38. The van der Waals surface area contributed by atoms with E-state index in [0.717, 1.165) is 24.0 Å². The van der Waals surface area contributed by atoms with E-state index in [9.17, 15) is 14.7 Å². The third-order valence-electron chi connectivity index (χ3n) is 6.38. The Morgan fingerprint density at radius 1 is 1.19 bits per heavy atom. The smallest absolute Gasteiger partial charge is 0.247 e. The maximum atomic E-state index is 13.2. The highest BCUT2D eigenvalue weighted by atomic mass is 16.5. The van der Waals surface area contributed by atoms with Crippen LogP contribution in [0.25, 0.3) is 0 Å². The number of benzene rings is 1. The van der Waals surface area contributed by atoms with E-state index in [1.165, 1.54) is 0 Å². The van der Waals surface area contributed by atoms with E-state index in [4.69, 9.17) is 14.3 Å². The van der Waals surface area contributed by atoms with Gasteiger partial charge in [-0.15, -0.1) is 0 Å². The van der Waals surface area contributed by atoms with Crippen molar-refractivity contribution in [1.82, 2.24) is 10.2 Å². The number of carbonyl (C=O) groups excluding carboxylic acids is 2. The van der Waals surface area contributed by atoms with Crippen LogP contribution >= 0.6 is 0 Å². The number of nitrogens with zero attached hydrogens (tertiary/aromatic N) is 1. The standard InChI is InChI=1S/C24H26N2O6/c27-9-8-25-23(29)17-11-18(21(28)22-20(17)16-3-1-2-4-19(16)32-22)26(24(30)15-5-6-15)12-14-7-10-31-13-14/h1-4,7,10-11,13,15,18,20-22,27-28H,5-6,8-9,12H2,(H,25,29)/t18-,20+,21+,22+/m1/s1. The maximum Gasteiger partial charge on any atom is 0.247 e. The number of rotatable bonds is 7. The first-order valence-electron chi connectivity index (χ1n) is 10.9. The summed E-state index contributed by atoms with van der Waals surface area (Å²) in [5.74, 6) is -0.279. The van der Waals surface area contributed by atoms with Crippen LogP contribution in [-0.4, -0.2) is 58.3 Å². The number of ether oxygens (including phenoxy) is 1. The summed E-state index contributed by atoms with van der Waals surface area (Å²) in [6.07, 6.45) is 4.75. The molecule has 3 N–H and O–H groups in total. The molecule has 1 aliphatic heterocycles.